The fourth-order valence-electron chi connectivity index (χ4n) is 0.892. The Kier molecular flexibility index (Phi) is 3.88. The summed E-state index contributed by atoms with van der Waals surface area (Å²) in [4.78, 5) is 3.87. The first-order chi connectivity index (χ1) is 6.63. The number of rotatable bonds is 2. The summed E-state index contributed by atoms with van der Waals surface area (Å²) < 4.78 is 25.7. The second-order valence-corrected chi connectivity index (χ2v) is 3.42. The van der Waals surface area contributed by atoms with Crippen LogP contribution in [0.25, 0.3) is 0 Å². The van der Waals surface area contributed by atoms with Gasteiger partial charge in [-0.3, -0.25) is 4.99 Å². The lowest BCUT2D eigenvalue weighted by atomic mass is 10.2. The molecule has 0 aliphatic heterocycles. The monoisotopic (exact) mass is 216 g/mol. The number of nitrogens with zero attached hydrogens (tertiary/aromatic N) is 1. The van der Waals surface area contributed by atoms with Gasteiger partial charge in [0.05, 0.1) is 6.54 Å². The maximum absolute atomic E-state index is 13.0. The highest BCUT2D eigenvalue weighted by Gasteiger charge is 2.02. The smallest absolute Gasteiger partial charge is 0.153 e. The molecule has 0 fully saturated rings. The minimum absolute atomic E-state index is 0.0657. The summed E-state index contributed by atoms with van der Waals surface area (Å²) in [5.74, 6) is -0.941. The lowest BCUT2D eigenvalue weighted by Crippen LogP contribution is -2.06. The fourth-order valence-corrected chi connectivity index (χ4v) is 1.09. The van der Waals surface area contributed by atoms with Crippen LogP contribution in [0.2, 0.25) is 0 Å². The van der Waals surface area contributed by atoms with Gasteiger partial charge in [0.2, 0.25) is 0 Å². The molecule has 0 bridgehead atoms. The van der Waals surface area contributed by atoms with Crippen LogP contribution in [0.5, 0.6) is 0 Å². The number of amidine groups is 1. The third-order valence-corrected chi connectivity index (χ3v) is 2.17. The highest BCUT2D eigenvalue weighted by molar-refractivity contribution is 8.13. The van der Waals surface area contributed by atoms with Crippen molar-refractivity contribution in [3.8, 4) is 0 Å². The first kappa shape index (κ1) is 11.0. The molecule has 76 valence electrons. The average Bonchev–Trinajstić information content (AvgIpc) is 2.19. The van der Waals surface area contributed by atoms with Gasteiger partial charge in [0.1, 0.15) is 11.6 Å². The molecular weight excluding hydrogens is 206 g/mol. The van der Waals surface area contributed by atoms with E-state index in [9.17, 15) is 8.78 Å². The van der Waals surface area contributed by atoms with Crippen molar-refractivity contribution in [2.45, 2.75) is 6.54 Å². The van der Waals surface area contributed by atoms with Gasteiger partial charge >= 0.3 is 0 Å². The van der Waals surface area contributed by atoms with Gasteiger partial charge in [-0.05, 0) is 24.5 Å². The van der Waals surface area contributed by atoms with Crippen molar-refractivity contribution in [3.63, 3.8) is 0 Å². The van der Waals surface area contributed by atoms with Gasteiger partial charge in [-0.2, -0.15) is 0 Å². The summed E-state index contributed by atoms with van der Waals surface area (Å²) >= 11 is 1.27. The van der Waals surface area contributed by atoms with Crippen LogP contribution in [-0.4, -0.2) is 11.4 Å². The van der Waals surface area contributed by atoms with Crippen molar-refractivity contribution in [1.29, 1.82) is 0 Å². The molecule has 5 heteroatoms. The Morgan fingerprint density at radius 1 is 1.50 bits per heavy atom. The molecule has 14 heavy (non-hydrogen) atoms. The van der Waals surface area contributed by atoms with Crippen molar-refractivity contribution >= 4 is 16.9 Å². The molecule has 0 aromatic heterocycles. The van der Waals surface area contributed by atoms with Gasteiger partial charge < -0.3 is 5.73 Å². The standard InChI is InChI=1S/C9H10F2N2S/c1-14-9(12)13-5-6-4-7(10)2-3-8(6)11/h2-4H,5H2,1H3,(H2,12,13). The minimum Gasteiger partial charge on any atom is -0.379 e. The maximum Gasteiger partial charge on any atom is 0.153 e. The minimum atomic E-state index is -0.473. The molecule has 0 amide bonds. The summed E-state index contributed by atoms with van der Waals surface area (Å²) in [6.45, 7) is 0.0657. The lowest BCUT2D eigenvalue weighted by molar-refractivity contribution is 0.586. The van der Waals surface area contributed by atoms with E-state index in [2.05, 4.69) is 4.99 Å². The second-order valence-electron chi connectivity index (χ2n) is 2.59. The van der Waals surface area contributed by atoms with Crippen LogP contribution < -0.4 is 5.73 Å². The number of nitrogens with two attached hydrogens (primary N) is 1. The van der Waals surface area contributed by atoms with E-state index in [-0.39, 0.29) is 12.1 Å². The first-order valence-corrected chi connectivity index (χ1v) is 5.14. The Morgan fingerprint density at radius 2 is 2.21 bits per heavy atom. The normalized spacial score (nSPS) is 11.8. The zero-order valence-corrected chi connectivity index (χ0v) is 8.44. The summed E-state index contributed by atoms with van der Waals surface area (Å²) in [5, 5.41) is 0.355. The Balaban J connectivity index is 2.81. The molecule has 0 saturated heterocycles. The number of aliphatic imine (C=N–C) groups is 1. The highest BCUT2D eigenvalue weighted by Crippen LogP contribution is 2.11. The highest BCUT2D eigenvalue weighted by atomic mass is 32.2. The molecule has 0 heterocycles. The number of halogens is 2. The van der Waals surface area contributed by atoms with Crippen LogP contribution in [-0.2, 0) is 6.54 Å². The van der Waals surface area contributed by atoms with Gasteiger partial charge in [0, 0.05) is 5.56 Å². The largest absolute Gasteiger partial charge is 0.379 e. The molecule has 0 aliphatic carbocycles. The molecule has 0 radical (unpaired) electrons. The first-order valence-electron chi connectivity index (χ1n) is 3.91. The topological polar surface area (TPSA) is 38.4 Å². The summed E-state index contributed by atoms with van der Waals surface area (Å²) in [6, 6.07) is 3.27. The molecule has 0 unspecified atom stereocenters. The average molecular weight is 216 g/mol. The van der Waals surface area contributed by atoms with E-state index in [1.165, 1.54) is 11.8 Å². The van der Waals surface area contributed by atoms with Gasteiger partial charge in [0.15, 0.2) is 5.17 Å². The zero-order valence-electron chi connectivity index (χ0n) is 7.63. The molecule has 0 saturated carbocycles. The van der Waals surface area contributed by atoms with Crippen molar-refractivity contribution in [1.82, 2.24) is 0 Å². The molecule has 2 nitrogen and oxygen atoms in total. The van der Waals surface area contributed by atoms with Crippen LogP contribution in [0.15, 0.2) is 23.2 Å². The predicted octanol–water partition coefficient (Wildman–Crippen LogP) is 2.14. The van der Waals surface area contributed by atoms with Crippen molar-refractivity contribution in [2.24, 2.45) is 10.7 Å². The molecule has 2 N–H and O–H groups in total. The van der Waals surface area contributed by atoms with E-state index in [0.717, 1.165) is 18.2 Å². The van der Waals surface area contributed by atoms with Gasteiger partial charge in [-0.15, -0.1) is 0 Å². The molecule has 1 rings (SSSR count). The summed E-state index contributed by atoms with van der Waals surface area (Å²) in [7, 11) is 0. The Hall–Kier alpha value is -1.10. The van der Waals surface area contributed by atoms with Crippen molar-refractivity contribution in [3.05, 3.63) is 35.4 Å². The predicted molar refractivity (Wildman–Crippen MR) is 55.2 cm³/mol. The number of thioether (sulfide) groups is 1. The van der Waals surface area contributed by atoms with Gasteiger partial charge in [-0.25, -0.2) is 8.78 Å². The number of benzene rings is 1. The molecule has 0 aliphatic rings. The number of hydrogen-bond donors (Lipinski definition) is 1. The molecule has 1 aromatic carbocycles. The van der Waals surface area contributed by atoms with Crippen LogP contribution in [0.4, 0.5) is 8.78 Å². The lowest BCUT2D eigenvalue weighted by Gasteiger charge is -2.00. The van der Waals surface area contributed by atoms with Crippen LogP contribution in [0.1, 0.15) is 5.56 Å². The van der Waals surface area contributed by atoms with E-state index < -0.39 is 11.6 Å². The molecule has 0 atom stereocenters. The van der Waals surface area contributed by atoms with Crippen LogP contribution >= 0.6 is 11.8 Å². The Bertz CT molecular complexity index is 353. The SMILES string of the molecule is CSC(N)=NCc1cc(F)ccc1F. The maximum atomic E-state index is 13.0. The zero-order chi connectivity index (χ0) is 10.6. The summed E-state index contributed by atoms with van der Waals surface area (Å²) in [6.07, 6.45) is 1.76. The van der Waals surface area contributed by atoms with Gasteiger partial charge in [-0.1, -0.05) is 11.8 Å². The van der Waals surface area contributed by atoms with Crippen molar-refractivity contribution in [2.75, 3.05) is 6.26 Å². The number of hydrogen-bond acceptors (Lipinski definition) is 2. The summed E-state index contributed by atoms with van der Waals surface area (Å²) in [5.41, 5.74) is 5.62. The van der Waals surface area contributed by atoms with E-state index in [1.54, 1.807) is 6.26 Å². The van der Waals surface area contributed by atoms with E-state index >= 15 is 0 Å². The van der Waals surface area contributed by atoms with E-state index in [0.29, 0.717) is 5.17 Å². The third-order valence-electron chi connectivity index (χ3n) is 1.62. The quantitative estimate of drug-likeness (QED) is 0.607. The molecular formula is C9H10F2N2S. The fraction of sp³-hybridized carbons (Fsp3) is 0.222. The third kappa shape index (κ3) is 2.99. The second kappa shape index (κ2) is 4.95. The Morgan fingerprint density at radius 3 is 2.86 bits per heavy atom. The molecule has 1 aromatic rings. The van der Waals surface area contributed by atoms with E-state index in [1.807, 2.05) is 0 Å². The van der Waals surface area contributed by atoms with E-state index in [4.69, 9.17) is 5.73 Å². The van der Waals surface area contributed by atoms with Crippen LogP contribution in [0, 0.1) is 11.6 Å². The Labute approximate surface area is 85.2 Å². The molecule has 0 spiro atoms. The van der Waals surface area contributed by atoms with Crippen molar-refractivity contribution < 1.29 is 8.78 Å². The van der Waals surface area contributed by atoms with Crippen LogP contribution in [0.3, 0.4) is 0 Å². The van der Waals surface area contributed by atoms with Gasteiger partial charge in [0.25, 0.3) is 0 Å².